The second-order valence-corrected chi connectivity index (χ2v) is 6.63. The normalized spacial score (nSPS) is 18.2. The number of benzene rings is 2. The Morgan fingerprint density at radius 1 is 1.05 bits per heavy atom. The lowest BCUT2D eigenvalue weighted by molar-refractivity contribution is -0.125. The third kappa shape index (κ3) is 3.81. The summed E-state index contributed by atoms with van der Waals surface area (Å²) in [5.74, 6) is 0.818. The number of nitrogens with zero attached hydrogens (tertiary/aromatic N) is 1. The van der Waals surface area contributed by atoms with Gasteiger partial charge in [0.05, 0.1) is 5.88 Å². The van der Waals surface area contributed by atoms with E-state index < -0.39 is 0 Å². The predicted octanol–water partition coefficient (Wildman–Crippen LogP) is 3.34. The molecule has 5 heteroatoms. The van der Waals surface area contributed by atoms with Crippen molar-refractivity contribution in [2.45, 2.75) is 17.4 Å². The Kier molecular flexibility index (Phi) is 4.85. The maximum Gasteiger partial charge on any atom is 0.252 e. The van der Waals surface area contributed by atoms with Gasteiger partial charge >= 0.3 is 0 Å². The first-order valence-electron chi connectivity index (χ1n) is 6.78. The summed E-state index contributed by atoms with van der Waals surface area (Å²) in [4.78, 5) is 13.5. The van der Waals surface area contributed by atoms with Crippen molar-refractivity contribution in [1.82, 2.24) is 9.03 Å². The van der Waals surface area contributed by atoms with Gasteiger partial charge in [-0.15, -0.1) is 11.8 Å². The molecule has 1 N–H and O–H groups in total. The van der Waals surface area contributed by atoms with Crippen LogP contribution in [0.25, 0.3) is 0 Å². The second kappa shape index (κ2) is 7.02. The maximum atomic E-state index is 12.4. The van der Waals surface area contributed by atoms with Gasteiger partial charge in [0, 0.05) is 17.0 Å². The number of hydrogen-bond acceptors (Lipinski definition) is 4. The number of amides is 1. The molecular formula is C16H16N2OS2. The molecule has 1 atom stereocenters. The summed E-state index contributed by atoms with van der Waals surface area (Å²) < 4.78 is 5.02. The Morgan fingerprint density at radius 3 is 2.43 bits per heavy atom. The summed E-state index contributed by atoms with van der Waals surface area (Å²) in [5, 5.41) is 0. The smallest absolute Gasteiger partial charge is 0.252 e. The van der Waals surface area contributed by atoms with E-state index in [0.29, 0.717) is 5.88 Å². The molecule has 2 aromatic carbocycles. The molecule has 0 saturated carbocycles. The van der Waals surface area contributed by atoms with Gasteiger partial charge in [-0.05, 0) is 24.1 Å². The van der Waals surface area contributed by atoms with Gasteiger partial charge in [-0.25, -0.2) is 4.72 Å². The highest BCUT2D eigenvalue weighted by molar-refractivity contribution is 8.01. The van der Waals surface area contributed by atoms with Crippen LogP contribution >= 0.6 is 23.9 Å². The van der Waals surface area contributed by atoms with Gasteiger partial charge in [0.2, 0.25) is 0 Å². The Labute approximate surface area is 133 Å². The summed E-state index contributed by atoms with van der Waals surface area (Å²) >= 11 is 3.08. The van der Waals surface area contributed by atoms with Crippen molar-refractivity contribution >= 4 is 29.8 Å². The molecule has 1 heterocycles. The van der Waals surface area contributed by atoms with E-state index in [1.807, 2.05) is 36.4 Å². The minimum Gasteiger partial charge on any atom is -0.272 e. The molecule has 1 aliphatic rings. The Hall–Kier alpha value is -1.43. The Morgan fingerprint density at radius 2 is 1.71 bits per heavy atom. The van der Waals surface area contributed by atoms with E-state index in [1.54, 1.807) is 16.1 Å². The highest BCUT2D eigenvalue weighted by Crippen LogP contribution is 2.26. The Bertz CT molecular complexity index is 592. The lowest BCUT2D eigenvalue weighted by atomic mass is 10.1. The summed E-state index contributed by atoms with van der Waals surface area (Å²) in [5.41, 5.74) is 1.18. The average Bonchev–Trinajstić information content (AvgIpc) is 2.88. The highest BCUT2D eigenvalue weighted by Gasteiger charge is 2.32. The first-order valence-corrected chi connectivity index (χ1v) is 8.54. The van der Waals surface area contributed by atoms with Gasteiger partial charge in [-0.2, -0.15) is 0 Å². The molecule has 21 heavy (non-hydrogen) atoms. The number of hydrogen-bond donors (Lipinski definition) is 1. The van der Waals surface area contributed by atoms with Gasteiger partial charge in [-0.3, -0.25) is 9.10 Å². The second-order valence-electron chi connectivity index (χ2n) is 4.75. The van der Waals surface area contributed by atoms with Crippen LogP contribution in [0.1, 0.15) is 5.56 Å². The first-order chi connectivity index (χ1) is 10.3. The van der Waals surface area contributed by atoms with E-state index in [4.69, 9.17) is 0 Å². The van der Waals surface area contributed by atoms with E-state index in [9.17, 15) is 4.79 Å². The summed E-state index contributed by atoms with van der Waals surface area (Å²) in [7, 11) is 0. The first kappa shape index (κ1) is 14.5. The quantitative estimate of drug-likeness (QED) is 0.677. The topological polar surface area (TPSA) is 32.3 Å². The standard InChI is InChI=1S/C16H16N2OS2/c19-16-15(11-13-7-3-1-4-8-13)17-21-18(16)12-20-14-9-5-2-6-10-14/h1-10,15,17H,11-12H2. The fourth-order valence-corrected chi connectivity index (χ4v) is 3.88. The lowest BCUT2D eigenvalue weighted by Gasteiger charge is -2.13. The molecule has 3 nitrogen and oxygen atoms in total. The average molecular weight is 316 g/mol. The van der Waals surface area contributed by atoms with Gasteiger partial charge in [0.25, 0.3) is 5.91 Å². The van der Waals surface area contributed by atoms with Crippen molar-refractivity contribution < 1.29 is 4.79 Å². The lowest BCUT2D eigenvalue weighted by Crippen LogP contribution is -2.32. The van der Waals surface area contributed by atoms with Crippen molar-refractivity contribution in [1.29, 1.82) is 0 Å². The highest BCUT2D eigenvalue weighted by atomic mass is 32.2. The van der Waals surface area contributed by atoms with Crippen LogP contribution in [0.2, 0.25) is 0 Å². The van der Waals surface area contributed by atoms with Crippen molar-refractivity contribution in [3.63, 3.8) is 0 Å². The molecule has 0 bridgehead atoms. The zero-order chi connectivity index (χ0) is 14.5. The number of nitrogens with one attached hydrogen (secondary N) is 1. The van der Waals surface area contributed by atoms with Crippen LogP contribution in [0, 0.1) is 0 Å². The van der Waals surface area contributed by atoms with Gasteiger partial charge in [0.15, 0.2) is 0 Å². The molecule has 1 fully saturated rings. The minimum atomic E-state index is -0.131. The van der Waals surface area contributed by atoms with Crippen LogP contribution in [-0.2, 0) is 11.2 Å². The van der Waals surface area contributed by atoms with Crippen LogP contribution in [0.5, 0.6) is 0 Å². The van der Waals surface area contributed by atoms with Crippen molar-refractivity contribution in [3.8, 4) is 0 Å². The van der Waals surface area contributed by atoms with E-state index in [1.165, 1.54) is 22.6 Å². The molecule has 2 aromatic rings. The number of carbonyl (C=O) groups excluding carboxylic acids is 1. The molecule has 3 rings (SSSR count). The number of thioether (sulfide) groups is 1. The maximum absolute atomic E-state index is 12.4. The largest absolute Gasteiger partial charge is 0.272 e. The van der Waals surface area contributed by atoms with E-state index in [2.05, 4.69) is 29.0 Å². The fourth-order valence-electron chi connectivity index (χ4n) is 2.12. The van der Waals surface area contributed by atoms with E-state index in [0.717, 1.165) is 6.42 Å². The molecule has 1 saturated heterocycles. The molecule has 1 amide bonds. The predicted molar refractivity (Wildman–Crippen MR) is 88.7 cm³/mol. The monoisotopic (exact) mass is 316 g/mol. The van der Waals surface area contributed by atoms with Crippen LogP contribution in [0.3, 0.4) is 0 Å². The van der Waals surface area contributed by atoms with E-state index >= 15 is 0 Å². The van der Waals surface area contributed by atoms with Crippen molar-refractivity contribution in [3.05, 3.63) is 66.2 Å². The summed E-state index contributed by atoms with van der Waals surface area (Å²) in [6, 6.07) is 20.1. The van der Waals surface area contributed by atoms with Crippen LogP contribution in [0.4, 0.5) is 0 Å². The summed E-state index contributed by atoms with van der Waals surface area (Å²) in [6.45, 7) is 0. The third-order valence-corrected chi connectivity index (χ3v) is 5.30. The van der Waals surface area contributed by atoms with Gasteiger partial charge in [-0.1, -0.05) is 48.5 Å². The summed E-state index contributed by atoms with van der Waals surface area (Å²) in [6.07, 6.45) is 0.735. The number of carbonyl (C=O) groups is 1. The molecule has 0 aliphatic carbocycles. The molecule has 0 aromatic heterocycles. The molecule has 1 unspecified atom stereocenters. The molecule has 0 radical (unpaired) electrons. The van der Waals surface area contributed by atoms with Gasteiger partial charge in [0.1, 0.15) is 6.04 Å². The van der Waals surface area contributed by atoms with Crippen LogP contribution in [-0.4, -0.2) is 22.1 Å². The molecular weight excluding hydrogens is 300 g/mol. The third-order valence-electron chi connectivity index (χ3n) is 3.22. The van der Waals surface area contributed by atoms with Gasteiger partial charge < -0.3 is 0 Å². The molecule has 0 spiro atoms. The number of rotatable bonds is 5. The molecule has 1 aliphatic heterocycles. The zero-order valence-electron chi connectivity index (χ0n) is 11.4. The van der Waals surface area contributed by atoms with E-state index in [-0.39, 0.29) is 11.9 Å². The van der Waals surface area contributed by atoms with Crippen LogP contribution in [0.15, 0.2) is 65.6 Å². The minimum absolute atomic E-state index is 0.131. The van der Waals surface area contributed by atoms with Crippen LogP contribution < -0.4 is 4.72 Å². The molecule has 108 valence electrons. The zero-order valence-corrected chi connectivity index (χ0v) is 13.1. The van der Waals surface area contributed by atoms with Crippen molar-refractivity contribution in [2.24, 2.45) is 0 Å². The SMILES string of the molecule is O=C1C(Cc2ccccc2)NSN1CSc1ccccc1. The Balaban J connectivity index is 1.54. The van der Waals surface area contributed by atoms with Crippen molar-refractivity contribution in [2.75, 3.05) is 5.88 Å². The fraction of sp³-hybridized carbons (Fsp3) is 0.188.